The topological polar surface area (TPSA) is 62.8 Å². The van der Waals surface area contributed by atoms with Crippen LogP contribution in [0.3, 0.4) is 0 Å². The highest BCUT2D eigenvalue weighted by Gasteiger charge is 2.27. The molecule has 2 heterocycles. The van der Waals surface area contributed by atoms with Crippen LogP contribution in [0.1, 0.15) is 44.1 Å². The number of aromatic nitrogens is 3. The van der Waals surface area contributed by atoms with Crippen LogP contribution in [0.15, 0.2) is 48.7 Å². The lowest BCUT2D eigenvalue weighted by atomic mass is 9.75. The summed E-state index contributed by atoms with van der Waals surface area (Å²) in [5.41, 5.74) is 4.00. The minimum Gasteiger partial charge on any atom is -0.497 e. The summed E-state index contributed by atoms with van der Waals surface area (Å²) in [6.45, 7) is 2.23. The Bertz CT molecular complexity index is 1210. The van der Waals surface area contributed by atoms with Gasteiger partial charge in [0.2, 0.25) is 5.95 Å². The van der Waals surface area contributed by atoms with Crippen LogP contribution in [-0.2, 0) is 0 Å². The molecule has 1 fully saturated rings. The quantitative estimate of drug-likeness (QED) is 0.415. The van der Waals surface area contributed by atoms with Crippen LogP contribution in [-0.4, -0.2) is 28.1 Å². The lowest BCUT2D eigenvalue weighted by Crippen LogP contribution is -2.29. The molecule has 1 aliphatic rings. The third kappa shape index (κ3) is 3.94. The average molecular weight is 419 g/mol. The van der Waals surface area contributed by atoms with E-state index in [2.05, 4.69) is 33.3 Å². The van der Waals surface area contributed by atoms with Crippen LogP contribution in [0.25, 0.3) is 21.9 Å². The van der Waals surface area contributed by atoms with E-state index in [0.717, 1.165) is 59.3 Å². The van der Waals surface area contributed by atoms with Gasteiger partial charge in [-0.25, -0.2) is 9.37 Å². The molecule has 0 bridgehead atoms. The van der Waals surface area contributed by atoms with Gasteiger partial charge in [-0.2, -0.15) is 0 Å². The molecule has 5 nitrogen and oxygen atoms in total. The van der Waals surface area contributed by atoms with E-state index in [0.29, 0.717) is 17.9 Å². The van der Waals surface area contributed by atoms with E-state index >= 15 is 0 Å². The van der Waals surface area contributed by atoms with E-state index < -0.39 is 0 Å². The third-order valence-corrected chi connectivity index (χ3v) is 6.71. The van der Waals surface area contributed by atoms with Crippen molar-refractivity contribution < 1.29 is 9.13 Å². The molecule has 0 aliphatic heterocycles. The van der Waals surface area contributed by atoms with Gasteiger partial charge in [0.05, 0.1) is 23.7 Å². The van der Waals surface area contributed by atoms with Crippen molar-refractivity contribution >= 4 is 27.9 Å². The fourth-order valence-electron chi connectivity index (χ4n) is 4.94. The molecule has 160 valence electrons. The minimum absolute atomic E-state index is 0.197. The van der Waals surface area contributed by atoms with Crippen molar-refractivity contribution in [3.63, 3.8) is 0 Å². The normalized spacial score (nSPS) is 20.1. The van der Waals surface area contributed by atoms with Crippen LogP contribution in [0.4, 0.5) is 10.3 Å². The van der Waals surface area contributed by atoms with Crippen LogP contribution >= 0.6 is 0 Å². The van der Waals surface area contributed by atoms with E-state index in [-0.39, 0.29) is 5.82 Å². The van der Waals surface area contributed by atoms with Gasteiger partial charge in [0.15, 0.2) is 0 Å². The Kier molecular flexibility index (Phi) is 5.22. The average Bonchev–Trinajstić information content (AvgIpc) is 3.20. The fraction of sp³-hybridized carbons (Fsp3) is 0.360. The zero-order valence-electron chi connectivity index (χ0n) is 17.9. The Balaban J connectivity index is 1.26. The number of H-pyrrole nitrogens is 1. The van der Waals surface area contributed by atoms with Crippen molar-refractivity contribution in [1.29, 1.82) is 0 Å². The first kappa shape index (κ1) is 19.8. The number of halogens is 1. The highest BCUT2D eigenvalue weighted by atomic mass is 19.1. The van der Waals surface area contributed by atoms with E-state index in [4.69, 9.17) is 4.74 Å². The maximum atomic E-state index is 13.8. The Hall–Kier alpha value is -3.15. The first-order chi connectivity index (χ1) is 15.1. The molecule has 6 heteroatoms. The van der Waals surface area contributed by atoms with Crippen LogP contribution in [0, 0.1) is 11.7 Å². The van der Waals surface area contributed by atoms with Crippen LogP contribution in [0.5, 0.6) is 5.75 Å². The maximum Gasteiger partial charge on any atom is 0.201 e. The van der Waals surface area contributed by atoms with Gasteiger partial charge in [-0.3, -0.25) is 4.98 Å². The van der Waals surface area contributed by atoms with E-state index in [9.17, 15) is 4.39 Å². The monoisotopic (exact) mass is 418 g/mol. The van der Waals surface area contributed by atoms with Crippen molar-refractivity contribution in [1.82, 2.24) is 15.0 Å². The van der Waals surface area contributed by atoms with E-state index in [1.807, 2.05) is 24.4 Å². The molecule has 2 N–H and O–H groups in total. The van der Waals surface area contributed by atoms with E-state index in [1.165, 1.54) is 11.6 Å². The molecule has 1 saturated carbocycles. The predicted octanol–water partition coefficient (Wildman–Crippen LogP) is 6.03. The largest absolute Gasteiger partial charge is 0.497 e. The Morgan fingerprint density at radius 3 is 2.68 bits per heavy atom. The number of hydrogen-bond acceptors (Lipinski definition) is 4. The summed E-state index contributed by atoms with van der Waals surface area (Å²) < 4.78 is 19.1. The zero-order valence-corrected chi connectivity index (χ0v) is 17.9. The van der Waals surface area contributed by atoms with Crippen molar-refractivity contribution in [2.75, 3.05) is 12.4 Å². The molecular weight excluding hydrogens is 391 g/mol. The number of fused-ring (bicyclic) bond motifs is 2. The Morgan fingerprint density at radius 2 is 1.87 bits per heavy atom. The number of imidazole rings is 1. The second kappa shape index (κ2) is 8.17. The van der Waals surface area contributed by atoms with Gasteiger partial charge in [0, 0.05) is 23.7 Å². The summed E-state index contributed by atoms with van der Waals surface area (Å²) in [7, 11) is 1.67. The van der Waals surface area contributed by atoms with Gasteiger partial charge < -0.3 is 15.0 Å². The molecule has 0 amide bonds. The number of rotatable bonds is 5. The smallest absolute Gasteiger partial charge is 0.201 e. The molecule has 31 heavy (non-hydrogen) atoms. The second-order valence-electron chi connectivity index (χ2n) is 8.57. The Labute approximate surface area is 181 Å². The SMILES string of the molecule is COc1ccc2nc(N[C@H](C)C3CCC(c4ccnc5ccc(F)cc45)CC3)[nH]c2c1. The standard InChI is InChI=1S/C25H27FN4O/c1-15(28-25-29-23-10-8-19(31-2)14-24(23)30-25)16-3-5-17(6-4-16)20-11-12-27-22-9-7-18(26)13-21(20)22/h7-17H,3-6H2,1-2H3,(H2,28,29,30)/t15-,16?,17?/m1/s1. The van der Waals surface area contributed by atoms with Gasteiger partial charge in [0.25, 0.3) is 0 Å². The van der Waals surface area contributed by atoms with Gasteiger partial charge in [0.1, 0.15) is 11.6 Å². The van der Waals surface area contributed by atoms with Gasteiger partial charge in [-0.05, 0) is 86.4 Å². The number of nitrogens with one attached hydrogen (secondary N) is 2. The number of benzene rings is 2. The molecule has 1 atom stereocenters. The van der Waals surface area contributed by atoms with Gasteiger partial charge in [-0.1, -0.05) is 0 Å². The van der Waals surface area contributed by atoms with Crippen molar-refractivity contribution in [3.05, 3.63) is 60.0 Å². The summed E-state index contributed by atoms with van der Waals surface area (Å²) in [6.07, 6.45) is 6.31. The van der Waals surface area contributed by atoms with Crippen LogP contribution in [0.2, 0.25) is 0 Å². The van der Waals surface area contributed by atoms with Crippen molar-refractivity contribution in [3.8, 4) is 5.75 Å². The maximum absolute atomic E-state index is 13.8. The number of ether oxygens (including phenoxy) is 1. The Morgan fingerprint density at radius 1 is 1.06 bits per heavy atom. The highest BCUT2D eigenvalue weighted by Crippen LogP contribution is 2.39. The van der Waals surface area contributed by atoms with Crippen LogP contribution < -0.4 is 10.1 Å². The van der Waals surface area contributed by atoms with Gasteiger partial charge >= 0.3 is 0 Å². The first-order valence-electron chi connectivity index (χ1n) is 10.9. The molecule has 2 aromatic carbocycles. The van der Waals surface area contributed by atoms with E-state index in [1.54, 1.807) is 19.2 Å². The molecule has 5 rings (SSSR count). The molecule has 1 aliphatic carbocycles. The fourth-order valence-corrected chi connectivity index (χ4v) is 4.94. The number of anilines is 1. The minimum atomic E-state index is -0.197. The zero-order chi connectivity index (χ0) is 21.4. The summed E-state index contributed by atoms with van der Waals surface area (Å²) in [5.74, 6) is 2.45. The molecule has 0 spiro atoms. The highest BCUT2D eigenvalue weighted by molar-refractivity contribution is 5.82. The number of pyridine rings is 1. The predicted molar refractivity (Wildman–Crippen MR) is 122 cm³/mol. The van der Waals surface area contributed by atoms with Crippen molar-refractivity contribution in [2.24, 2.45) is 5.92 Å². The summed E-state index contributed by atoms with van der Waals surface area (Å²) in [5, 5.41) is 4.52. The third-order valence-electron chi connectivity index (χ3n) is 6.71. The summed E-state index contributed by atoms with van der Waals surface area (Å²) >= 11 is 0. The number of aromatic amines is 1. The van der Waals surface area contributed by atoms with Crippen molar-refractivity contribution in [2.45, 2.75) is 44.6 Å². The molecule has 0 unspecified atom stereocenters. The molecular formula is C25H27FN4O. The second-order valence-corrected chi connectivity index (χ2v) is 8.57. The molecule has 0 radical (unpaired) electrons. The molecule has 2 aromatic heterocycles. The first-order valence-corrected chi connectivity index (χ1v) is 10.9. The number of methoxy groups -OCH3 is 1. The number of nitrogens with zero attached hydrogens (tertiary/aromatic N) is 2. The van der Waals surface area contributed by atoms with Gasteiger partial charge in [-0.15, -0.1) is 0 Å². The molecule has 0 saturated heterocycles. The summed E-state index contributed by atoms with van der Waals surface area (Å²) in [4.78, 5) is 12.4. The lowest BCUT2D eigenvalue weighted by Gasteiger charge is -2.33. The summed E-state index contributed by atoms with van der Waals surface area (Å²) in [6, 6.07) is 13.1. The molecule has 4 aromatic rings. The lowest BCUT2D eigenvalue weighted by molar-refractivity contribution is 0.301. The number of hydrogen-bond donors (Lipinski definition) is 2.